The van der Waals surface area contributed by atoms with Crippen LogP contribution in [-0.4, -0.2) is 31.1 Å². The minimum Gasteiger partial charge on any atom is -0.465 e. The van der Waals surface area contributed by atoms with Crippen LogP contribution in [0.1, 0.15) is 26.2 Å². The molecule has 0 radical (unpaired) electrons. The summed E-state index contributed by atoms with van der Waals surface area (Å²) in [6, 6.07) is 0. The molecule has 2 nitrogen and oxygen atoms in total. The number of halogens is 8. The van der Waals surface area contributed by atoms with Crippen molar-refractivity contribution in [2.45, 2.75) is 44.2 Å². The molecule has 0 heterocycles. The van der Waals surface area contributed by atoms with Crippen LogP contribution < -0.4 is 0 Å². The number of esters is 1. The van der Waals surface area contributed by atoms with Gasteiger partial charge in [-0.2, -0.15) is 30.7 Å². The van der Waals surface area contributed by atoms with Crippen molar-refractivity contribution in [3.63, 3.8) is 0 Å². The van der Waals surface area contributed by atoms with Gasteiger partial charge in [0.2, 0.25) is 0 Å². The average Bonchev–Trinajstić information content (AvgIpc) is 2.36. The predicted molar refractivity (Wildman–Crippen MR) is 63.4 cm³/mol. The molecule has 10 heteroatoms. The Bertz CT molecular complexity index is 415. The molecule has 0 N–H and O–H groups in total. The quantitative estimate of drug-likeness (QED) is 0.370. The van der Waals surface area contributed by atoms with E-state index in [9.17, 15) is 35.5 Å². The number of alkyl halides is 7. The topological polar surface area (TPSA) is 26.3 Å². The first-order valence-corrected chi connectivity index (χ1v) is 6.43. The monoisotopic (exact) mass is 388 g/mol. The van der Waals surface area contributed by atoms with Crippen molar-refractivity contribution in [3.8, 4) is 0 Å². The van der Waals surface area contributed by atoms with Gasteiger partial charge in [0.25, 0.3) is 0 Å². The zero-order valence-electron chi connectivity index (χ0n) is 11.0. The van der Waals surface area contributed by atoms with E-state index in [0.717, 1.165) is 7.11 Å². The zero-order valence-corrected chi connectivity index (χ0v) is 12.5. The molecule has 0 aliphatic heterocycles. The molecule has 0 aliphatic carbocycles. The van der Waals surface area contributed by atoms with E-state index in [1.807, 2.05) is 0 Å². The Labute approximate surface area is 124 Å². The number of ether oxygens (including phenoxy) is 1. The molecule has 0 atom stereocenters. The molecular weight excluding hydrogens is 377 g/mol. The third-order valence-electron chi connectivity index (χ3n) is 2.54. The first kappa shape index (κ1) is 20.2. The van der Waals surface area contributed by atoms with E-state index in [2.05, 4.69) is 20.7 Å². The van der Waals surface area contributed by atoms with Gasteiger partial charge in [0.15, 0.2) is 0 Å². The normalized spacial score (nSPS) is 14.8. The van der Waals surface area contributed by atoms with Gasteiger partial charge in [-0.15, -0.1) is 0 Å². The lowest BCUT2D eigenvalue weighted by molar-refractivity contribution is -0.345. The molecule has 0 unspecified atom stereocenters. The van der Waals surface area contributed by atoms with Gasteiger partial charge in [-0.05, 0) is 28.8 Å². The Morgan fingerprint density at radius 3 is 1.90 bits per heavy atom. The molecule has 0 aliphatic rings. The van der Waals surface area contributed by atoms with Crippen LogP contribution in [0.4, 0.5) is 30.7 Å². The maximum Gasteiger partial charge on any atom is 0.460 e. The molecule has 0 amide bonds. The molecule has 0 fully saturated rings. The molecule has 0 saturated carbocycles. The number of hydrogen-bond donors (Lipinski definition) is 0. The number of unbranched alkanes of at least 4 members (excludes halogenated alkanes) is 1. The van der Waals surface area contributed by atoms with Crippen LogP contribution >= 0.6 is 15.9 Å². The highest BCUT2D eigenvalue weighted by atomic mass is 79.9. The fourth-order valence-corrected chi connectivity index (χ4v) is 1.95. The molecule has 0 aromatic carbocycles. The Morgan fingerprint density at radius 1 is 1.10 bits per heavy atom. The molecule has 0 aromatic rings. The highest BCUT2D eigenvalue weighted by Crippen LogP contribution is 2.51. The van der Waals surface area contributed by atoms with Gasteiger partial charge in [-0.25, -0.2) is 4.79 Å². The number of carbonyl (C=O) groups excluding carboxylic acids is 1. The third-order valence-corrected chi connectivity index (χ3v) is 3.34. The second kappa shape index (κ2) is 6.97. The van der Waals surface area contributed by atoms with E-state index < -0.39 is 40.5 Å². The maximum atomic E-state index is 13.7. The minimum absolute atomic E-state index is 0.106. The van der Waals surface area contributed by atoms with Gasteiger partial charge in [-0.3, -0.25) is 0 Å². The lowest BCUT2D eigenvalue weighted by Crippen LogP contribution is -2.53. The van der Waals surface area contributed by atoms with Crippen LogP contribution in [0, 0.1) is 0 Å². The average molecular weight is 389 g/mol. The van der Waals surface area contributed by atoms with Crippen LogP contribution in [0.5, 0.6) is 0 Å². The van der Waals surface area contributed by atoms with Gasteiger partial charge in [0.1, 0.15) is 4.48 Å². The van der Waals surface area contributed by atoms with Crippen LogP contribution in [0.2, 0.25) is 0 Å². The van der Waals surface area contributed by atoms with Crippen molar-refractivity contribution in [1.29, 1.82) is 0 Å². The fraction of sp³-hybridized carbons (Fsp3) is 0.727. The van der Waals surface area contributed by atoms with Gasteiger partial charge in [0, 0.05) is 5.57 Å². The molecule has 124 valence electrons. The molecule has 0 saturated heterocycles. The van der Waals surface area contributed by atoms with E-state index in [-0.39, 0.29) is 12.8 Å². The van der Waals surface area contributed by atoms with Crippen molar-refractivity contribution in [2.75, 3.05) is 7.11 Å². The standard InChI is InChI=1S/C11H12BrF7O2/c1-3-4-5-6(7(12)8(20)21-2)9(13,14)10(15,16)11(17,18)19/h3-5H2,1-2H3/b7-6+. The summed E-state index contributed by atoms with van der Waals surface area (Å²) in [7, 11) is 0.779. The Morgan fingerprint density at radius 2 is 1.57 bits per heavy atom. The molecule has 0 aromatic heterocycles. The van der Waals surface area contributed by atoms with E-state index in [4.69, 9.17) is 0 Å². The van der Waals surface area contributed by atoms with E-state index in [1.165, 1.54) is 6.92 Å². The van der Waals surface area contributed by atoms with Crippen molar-refractivity contribution in [3.05, 3.63) is 10.1 Å². The van der Waals surface area contributed by atoms with Crippen LogP contribution in [-0.2, 0) is 9.53 Å². The van der Waals surface area contributed by atoms with Gasteiger partial charge >= 0.3 is 24.0 Å². The molecule has 0 spiro atoms. The summed E-state index contributed by atoms with van der Waals surface area (Å²) < 4.78 is 92.8. The summed E-state index contributed by atoms with van der Waals surface area (Å²) in [4.78, 5) is 11.2. The SMILES string of the molecule is CCCC/C(=C(\Br)C(=O)OC)C(F)(F)C(F)(F)C(F)(F)F. The van der Waals surface area contributed by atoms with Gasteiger partial charge < -0.3 is 4.74 Å². The van der Waals surface area contributed by atoms with Crippen molar-refractivity contribution in [1.82, 2.24) is 0 Å². The van der Waals surface area contributed by atoms with E-state index >= 15 is 0 Å². The van der Waals surface area contributed by atoms with Crippen LogP contribution in [0.3, 0.4) is 0 Å². The summed E-state index contributed by atoms with van der Waals surface area (Å²) in [6.45, 7) is 1.52. The molecule has 0 rings (SSSR count). The Balaban J connectivity index is 5.99. The summed E-state index contributed by atoms with van der Waals surface area (Å²) in [6.07, 6.45) is -7.13. The first-order chi connectivity index (χ1) is 9.34. The zero-order chi connectivity index (χ0) is 17.1. The van der Waals surface area contributed by atoms with Gasteiger partial charge in [0.05, 0.1) is 7.11 Å². The lowest BCUT2D eigenvalue weighted by Gasteiger charge is -2.30. The van der Waals surface area contributed by atoms with Crippen LogP contribution in [0.25, 0.3) is 0 Å². The van der Waals surface area contributed by atoms with Crippen molar-refractivity contribution < 1.29 is 40.3 Å². The molecular formula is C11H12BrF7O2. The minimum atomic E-state index is -6.46. The predicted octanol–water partition coefficient (Wildman–Crippen LogP) is 4.83. The Hall–Kier alpha value is -0.800. The highest BCUT2D eigenvalue weighted by Gasteiger charge is 2.74. The summed E-state index contributed by atoms with van der Waals surface area (Å²) in [5, 5.41) is 0. The summed E-state index contributed by atoms with van der Waals surface area (Å²) in [5.74, 6) is -13.3. The smallest absolute Gasteiger partial charge is 0.460 e. The number of rotatable bonds is 6. The van der Waals surface area contributed by atoms with Gasteiger partial charge in [-0.1, -0.05) is 13.3 Å². The number of methoxy groups -OCH3 is 1. The number of carbonyl (C=O) groups is 1. The van der Waals surface area contributed by atoms with Crippen molar-refractivity contribution >= 4 is 21.9 Å². The fourth-order valence-electron chi connectivity index (χ4n) is 1.34. The molecule has 0 bridgehead atoms. The van der Waals surface area contributed by atoms with Crippen LogP contribution in [0.15, 0.2) is 10.1 Å². The van der Waals surface area contributed by atoms with E-state index in [0.29, 0.717) is 0 Å². The largest absolute Gasteiger partial charge is 0.465 e. The third kappa shape index (κ3) is 4.10. The highest BCUT2D eigenvalue weighted by molar-refractivity contribution is 9.12. The second-order valence-corrected chi connectivity index (χ2v) is 4.83. The number of hydrogen-bond acceptors (Lipinski definition) is 2. The maximum absolute atomic E-state index is 13.7. The summed E-state index contributed by atoms with van der Waals surface area (Å²) in [5.41, 5.74) is -1.64. The molecule has 21 heavy (non-hydrogen) atoms. The number of allylic oxidation sites excluding steroid dienone is 1. The second-order valence-electron chi connectivity index (χ2n) is 4.03. The summed E-state index contributed by atoms with van der Waals surface area (Å²) >= 11 is 2.32. The first-order valence-electron chi connectivity index (χ1n) is 5.64. The van der Waals surface area contributed by atoms with Crippen molar-refractivity contribution in [2.24, 2.45) is 0 Å². The lowest BCUT2D eigenvalue weighted by atomic mass is 9.96. The van der Waals surface area contributed by atoms with E-state index in [1.54, 1.807) is 0 Å². The Kier molecular flexibility index (Phi) is 6.71.